The maximum absolute atomic E-state index is 12.9. The van der Waals surface area contributed by atoms with Gasteiger partial charge in [0.15, 0.2) is 17.8 Å². The van der Waals surface area contributed by atoms with E-state index in [1.165, 1.54) is 23.3 Å². The topological polar surface area (TPSA) is 71.5 Å². The number of furan rings is 1. The summed E-state index contributed by atoms with van der Waals surface area (Å²) in [5.74, 6) is 1.58. The Morgan fingerprint density at radius 1 is 1.31 bits per heavy atom. The first-order chi connectivity index (χ1) is 14.0. The second kappa shape index (κ2) is 6.86. The molecule has 1 aliphatic rings. The zero-order chi connectivity index (χ0) is 20.1. The van der Waals surface area contributed by atoms with E-state index in [2.05, 4.69) is 36.1 Å². The number of benzene rings is 1. The van der Waals surface area contributed by atoms with E-state index in [-0.39, 0.29) is 17.6 Å². The van der Waals surface area contributed by atoms with E-state index < -0.39 is 0 Å². The minimum atomic E-state index is -0.294. The molecule has 5 rings (SSSR count). The Balaban J connectivity index is 1.49. The number of rotatable bonds is 3. The number of hydrogen-bond donors (Lipinski definition) is 1. The monoisotopic (exact) mass is 407 g/mol. The molecule has 2 atom stereocenters. The maximum Gasteiger partial charge on any atom is 0.278 e. The van der Waals surface area contributed by atoms with Crippen LogP contribution in [-0.4, -0.2) is 29.4 Å². The van der Waals surface area contributed by atoms with Gasteiger partial charge in [0.05, 0.1) is 4.88 Å². The van der Waals surface area contributed by atoms with Crippen molar-refractivity contribution in [1.82, 2.24) is 9.88 Å². The Morgan fingerprint density at radius 3 is 2.97 bits per heavy atom. The lowest BCUT2D eigenvalue weighted by Crippen LogP contribution is -2.31. The molecular weight excluding hydrogens is 386 g/mol. The molecule has 0 radical (unpaired) electrons. The number of fused-ring (bicyclic) bond motifs is 3. The molecule has 0 fully saturated rings. The summed E-state index contributed by atoms with van der Waals surface area (Å²) in [7, 11) is 2.13. The SMILES string of the molecule is C[C@@H]1CN(C)[C@@H](C)c2c1oc1ccc(NC(=O)c3ncoc3-c3cccs3)cc21. The van der Waals surface area contributed by atoms with Crippen LogP contribution in [0.1, 0.15) is 47.6 Å². The van der Waals surface area contributed by atoms with Crippen LogP contribution in [0.25, 0.3) is 21.6 Å². The summed E-state index contributed by atoms with van der Waals surface area (Å²) < 4.78 is 11.6. The van der Waals surface area contributed by atoms with Crippen LogP contribution in [-0.2, 0) is 0 Å². The number of anilines is 1. The van der Waals surface area contributed by atoms with Crippen molar-refractivity contribution >= 4 is 33.9 Å². The fraction of sp³-hybridized carbons (Fsp3) is 0.273. The molecule has 0 spiro atoms. The smallest absolute Gasteiger partial charge is 0.278 e. The average molecular weight is 407 g/mol. The van der Waals surface area contributed by atoms with Gasteiger partial charge in [0, 0.05) is 35.1 Å². The lowest BCUT2D eigenvalue weighted by atomic mass is 9.92. The van der Waals surface area contributed by atoms with Gasteiger partial charge in [-0.2, -0.15) is 0 Å². The van der Waals surface area contributed by atoms with Crippen LogP contribution in [0.4, 0.5) is 5.69 Å². The molecule has 7 heteroatoms. The van der Waals surface area contributed by atoms with Gasteiger partial charge >= 0.3 is 0 Å². The van der Waals surface area contributed by atoms with Crippen molar-refractivity contribution in [2.45, 2.75) is 25.8 Å². The number of amides is 1. The molecule has 3 aromatic heterocycles. The highest BCUT2D eigenvalue weighted by Gasteiger charge is 2.31. The molecule has 0 aliphatic carbocycles. The van der Waals surface area contributed by atoms with E-state index in [0.29, 0.717) is 17.4 Å². The van der Waals surface area contributed by atoms with Crippen molar-refractivity contribution in [3.05, 3.63) is 59.1 Å². The molecule has 4 heterocycles. The summed E-state index contributed by atoms with van der Waals surface area (Å²) in [6.45, 7) is 5.34. The third-order valence-electron chi connectivity index (χ3n) is 5.63. The first kappa shape index (κ1) is 18.1. The Morgan fingerprint density at radius 2 is 2.17 bits per heavy atom. The molecule has 148 valence electrons. The van der Waals surface area contributed by atoms with Crippen LogP contribution in [0.3, 0.4) is 0 Å². The molecular formula is C22H21N3O3S. The Bertz CT molecular complexity index is 1190. The van der Waals surface area contributed by atoms with E-state index in [0.717, 1.165) is 28.2 Å². The van der Waals surface area contributed by atoms with Gasteiger partial charge in [-0.05, 0) is 43.6 Å². The quantitative estimate of drug-likeness (QED) is 0.485. The molecule has 1 amide bonds. The van der Waals surface area contributed by atoms with Gasteiger partial charge < -0.3 is 14.2 Å². The van der Waals surface area contributed by atoms with Gasteiger partial charge in [-0.1, -0.05) is 13.0 Å². The van der Waals surface area contributed by atoms with E-state index in [4.69, 9.17) is 8.83 Å². The van der Waals surface area contributed by atoms with Crippen molar-refractivity contribution in [1.29, 1.82) is 0 Å². The molecule has 0 unspecified atom stereocenters. The Kier molecular flexibility index (Phi) is 4.29. The average Bonchev–Trinajstić information content (AvgIpc) is 3.44. The number of hydrogen-bond acceptors (Lipinski definition) is 6. The maximum atomic E-state index is 12.9. The second-order valence-corrected chi connectivity index (χ2v) is 8.52. The van der Waals surface area contributed by atoms with Crippen LogP contribution in [0.5, 0.6) is 0 Å². The Hall–Kier alpha value is -2.90. The Labute approximate surface area is 172 Å². The second-order valence-electron chi connectivity index (χ2n) is 7.57. The summed E-state index contributed by atoms with van der Waals surface area (Å²) >= 11 is 1.51. The summed E-state index contributed by atoms with van der Waals surface area (Å²) in [6, 6.07) is 9.85. The van der Waals surface area contributed by atoms with Gasteiger partial charge in [-0.25, -0.2) is 4.98 Å². The molecule has 0 saturated heterocycles. The van der Waals surface area contributed by atoms with Crippen molar-refractivity contribution in [2.75, 3.05) is 18.9 Å². The van der Waals surface area contributed by atoms with Gasteiger partial charge in [0.2, 0.25) is 0 Å². The number of carbonyl (C=O) groups excluding carboxylic acids is 1. The number of nitrogens with zero attached hydrogens (tertiary/aromatic N) is 2. The minimum Gasteiger partial charge on any atom is -0.460 e. The highest BCUT2D eigenvalue weighted by molar-refractivity contribution is 7.13. The third-order valence-corrected chi connectivity index (χ3v) is 6.50. The van der Waals surface area contributed by atoms with Gasteiger partial charge in [-0.3, -0.25) is 9.69 Å². The molecule has 0 bridgehead atoms. The first-order valence-corrected chi connectivity index (χ1v) is 10.5. The lowest BCUT2D eigenvalue weighted by Gasteiger charge is -2.33. The fourth-order valence-corrected chi connectivity index (χ4v) is 4.80. The van der Waals surface area contributed by atoms with Crippen molar-refractivity contribution < 1.29 is 13.6 Å². The fourth-order valence-electron chi connectivity index (χ4n) is 4.08. The van der Waals surface area contributed by atoms with Crippen LogP contribution < -0.4 is 5.32 Å². The predicted molar refractivity (Wildman–Crippen MR) is 113 cm³/mol. The molecule has 1 aromatic carbocycles. The highest BCUT2D eigenvalue weighted by atomic mass is 32.1. The first-order valence-electron chi connectivity index (χ1n) is 9.58. The van der Waals surface area contributed by atoms with Gasteiger partial charge in [0.1, 0.15) is 11.3 Å². The number of nitrogens with one attached hydrogen (secondary N) is 1. The molecule has 4 aromatic rings. The third kappa shape index (κ3) is 2.97. The predicted octanol–water partition coefficient (Wildman–Crippen LogP) is 5.51. The minimum absolute atomic E-state index is 0.259. The van der Waals surface area contributed by atoms with E-state index in [9.17, 15) is 4.79 Å². The van der Waals surface area contributed by atoms with Crippen molar-refractivity contribution in [3.8, 4) is 10.6 Å². The van der Waals surface area contributed by atoms with Gasteiger partial charge in [-0.15, -0.1) is 11.3 Å². The van der Waals surface area contributed by atoms with E-state index >= 15 is 0 Å². The largest absolute Gasteiger partial charge is 0.460 e. The zero-order valence-corrected chi connectivity index (χ0v) is 17.2. The van der Waals surface area contributed by atoms with E-state index in [1.54, 1.807) is 0 Å². The summed E-state index contributed by atoms with van der Waals surface area (Å²) in [4.78, 5) is 20.2. The summed E-state index contributed by atoms with van der Waals surface area (Å²) in [6.07, 6.45) is 1.30. The molecule has 6 nitrogen and oxygen atoms in total. The van der Waals surface area contributed by atoms with Crippen LogP contribution in [0.2, 0.25) is 0 Å². The molecule has 0 saturated carbocycles. The number of carbonyl (C=O) groups is 1. The van der Waals surface area contributed by atoms with Crippen LogP contribution in [0, 0.1) is 0 Å². The standard InChI is InChI=1S/C22H21N3O3S/c1-12-10-25(3)13(2)18-15-9-14(6-7-16(15)28-20(12)18)24-22(26)19-21(27-11-23-19)17-5-4-8-29-17/h4-9,11-13H,10H2,1-3H3,(H,24,26)/t12-,13+/m1/s1. The van der Waals surface area contributed by atoms with Crippen molar-refractivity contribution in [3.63, 3.8) is 0 Å². The molecule has 29 heavy (non-hydrogen) atoms. The zero-order valence-electron chi connectivity index (χ0n) is 16.4. The van der Waals surface area contributed by atoms with E-state index in [1.807, 2.05) is 35.7 Å². The number of oxazole rings is 1. The number of thiophene rings is 1. The highest BCUT2D eigenvalue weighted by Crippen LogP contribution is 2.42. The molecule has 1 N–H and O–H groups in total. The number of aromatic nitrogens is 1. The van der Waals surface area contributed by atoms with Crippen LogP contribution >= 0.6 is 11.3 Å². The van der Waals surface area contributed by atoms with Crippen molar-refractivity contribution in [2.24, 2.45) is 0 Å². The lowest BCUT2D eigenvalue weighted by molar-refractivity contribution is 0.102. The molecule has 1 aliphatic heterocycles. The van der Waals surface area contributed by atoms with Gasteiger partial charge in [0.25, 0.3) is 5.91 Å². The van der Waals surface area contributed by atoms with Crippen LogP contribution in [0.15, 0.2) is 50.9 Å². The summed E-state index contributed by atoms with van der Waals surface area (Å²) in [5.41, 5.74) is 3.04. The normalized spacial score (nSPS) is 19.4. The number of likely N-dealkylation sites (N-methyl/N-ethyl adjacent to an activating group) is 1. The summed E-state index contributed by atoms with van der Waals surface area (Å²) in [5, 5.41) is 5.94.